The molecule has 1 saturated heterocycles. The smallest absolute Gasteiger partial charge is 0.273 e. The molecule has 0 unspecified atom stereocenters. The van der Waals surface area contributed by atoms with E-state index in [1.54, 1.807) is 15.8 Å². The van der Waals surface area contributed by atoms with Gasteiger partial charge in [-0.1, -0.05) is 0 Å². The third-order valence-corrected chi connectivity index (χ3v) is 6.43. The second kappa shape index (κ2) is 6.58. The Morgan fingerprint density at radius 2 is 1.96 bits per heavy atom. The molecule has 0 bridgehead atoms. The van der Waals surface area contributed by atoms with Crippen LogP contribution in [0.25, 0.3) is 0 Å². The molecule has 0 radical (unpaired) electrons. The third-order valence-electron chi connectivity index (χ3n) is 3.94. The third kappa shape index (κ3) is 3.19. The van der Waals surface area contributed by atoms with Gasteiger partial charge in [-0.05, 0) is 30.7 Å². The fourth-order valence-corrected chi connectivity index (χ4v) is 4.57. The number of benzene rings is 1. The average molecular weight is 369 g/mol. The monoisotopic (exact) mass is 369 g/mol. The molecule has 128 valence electrons. The predicted molar refractivity (Wildman–Crippen MR) is 87.9 cm³/mol. The lowest BCUT2D eigenvalue weighted by atomic mass is 10.2. The van der Waals surface area contributed by atoms with Gasteiger partial charge in [-0.2, -0.15) is 4.31 Å². The van der Waals surface area contributed by atoms with E-state index >= 15 is 0 Å². The number of thiazole rings is 1. The van der Waals surface area contributed by atoms with E-state index in [2.05, 4.69) is 4.98 Å². The van der Waals surface area contributed by atoms with Crippen LogP contribution in [0.3, 0.4) is 0 Å². The summed E-state index contributed by atoms with van der Waals surface area (Å²) in [4.78, 5) is 17.9. The van der Waals surface area contributed by atoms with Gasteiger partial charge in [-0.15, -0.1) is 11.3 Å². The van der Waals surface area contributed by atoms with Crippen molar-refractivity contribution in [3.05, 3.63) is 46.2 Å². The minimum atomic E-state index is -3.69. The molecule has 1 fully saturated rings. The lowest BCUT2D eigenvalue weighted by Gasteiger charge is -2.33. The standard InChI is InChI=1S/C15H16FN3O3S2/c1-11-8-12(2-3-13(11)16)24(21,22)19-6-4-18(5-7-19)15(20)14-9-23-10-17-14/h2-3,8-10H,4-7H2,1H3. The van der Waals surface area contributed by atoms with Crippen molar-refractivity contribution in [1.29, 1.82) is 0 Å². The predicted octanol–water partition coefficient (Wildman–Crippen LogP) is 1.74. The highest BCUT2D eigenvalue weighted by molar-refractivity contribution is 7.89. The molecule has 0 aliphatic carbocycles. The van der Waals surface area contributed by atoms with E-state index in [-0.39, 0.29) is 29.5 Å². The molecule has 24 heavy (non-hydrogen) atoms. The van der Waals surface area contributed by atoms with E-state index in [0.29, 0.717) is 18.8 Å². The van der Waals surface area contributed by atoms with E-state index in [1.807, 2.05) is 0 Å². The first-order valence-electron chi connectivity index (χ1n) is 7.33. The number of rotatable bonds is 3. The molecule has 1 aromatic carbocycles. The molecular weight excluding hydrogens is 353 g/mol. The normalized spacial score (nSPS) is 16.3. The van der Waals surface area contributed by atoms with Gasteiger partial charge in [0.25, 0.3) is 5.91 Å². The van der Waals surface area contributed by atoms with Crippen LogP contribution in [0.4, 0.5) is 4.39 Å². The number of carbonyl (C=O) groups is 1. The maximum atomic E-state index is 13.3. The molecule has 0 spiro atoms. The van der Waals surface area contributed by atoms with Gasteiger partial charge in [-0.3, -0.25) is 4.79 Å². The summed E-state index contributed by atoms with van der Waals surface area (Å²) in [5.41, 5.74) is 2.25. The van der Waals surface area contributed by atoms with Gasteiger partial charge in [-0.25, -0.2) is 17.8 Å². The number of amides is 1. The maximum Gasteiger partial charge on any atom is 0.273 e. The van der Waals surface area contributed by atoms with Gasteiger partial charge in [0.15, 0.2) is 0 Å². The fraction of sp³-hybridized carbons (Fsp3) is 0.333. The summed E-state index contributed by atoms with van der Waals surface area (Å²) in [6.45, 7) is 2.54. The number of nitrogens with zero attached hydrogens (tertiary/aromatic N) is 3. The van der Waals surface area contributed by atoms with Crippen LogP contribution in [0.15, 0.2) is 34.0 Å². The van der Waals surface area contributed by atoms with Crippen LogP contribution in [0, 0.1) is 12.7 Å². The van der Waals surface area contributed by atoms with E-state index in [4.69, 9.17) is 0 Å². The number of halogens is 1. The van der Waals surface area contributed by atoms with Crippen LogP contribution in [0.2, 0.25) is 0 Å². The van der Waals surface area contributed by atoms with Gasteiger partial charge in [0.05, 0.1) is 10.4 Å². The molecule has 0 saturated carbocycles. The maximum absolute atomic E-state index is 13.3. The molecule has 1 amide bonds. The lowest BCUT2D eigenvalue weighted by Crippen LogP contribution is -2.50. The first-order chi connectivity index (χ1) is 11.4. The number of sulfonamides is 1. The quantitative estimate of drug-likeness (QED) is 0.826. The summed E-state index contributed by atoms with van der Waals surface area (Å²) in [5.74, 6) is -0.626. The van der Waals surface area contributed by atoms with E-state index in [1.165, 1.54) is 34.7 Å². The highest BCUT2D eigenvalue weighted by atomic mass is 32.2. The Kier molecular flexibility index (Phi) is 4.66. The number of aryl methyl sites for hydroxylation is 1. The summed E-state index contributed by atoms with van der Waals surface area (Å²) in [6.07, 6.45) is 0. The highest BCUT2D eigenvalue weighted by Gasteiger charge is 2.31. The van der Waals surface area contributed by atoms with Crippen LogP contribution < -0.4 is 0 Å². The molecule has 3 rings (SSSR count). The van der Waals surface area contributed by atoms with Crippen molar-refractivity contribution in [2.24, 2.45) is 0 Å². The zero-order valence-electron chi connectivity index (χ0n) is 13.0. The van der Waals surface area contributed by atoms with Crippen molar-refractivity contribution < 1.29 is 17.6 Å². The summed E-state index contributed by atoms with van der Waals surface area (Å²) in [6, 6.07) is 3.76. The number of aromatic nitrogens is 1. The van der Waals surface area contributed by atoms with Crippen molar-refractivity contribution in [2.45, 2.75) is 11.8 Å². The van der Waals surface area contributed by atoms with Gasteiger partial charge in [0, 0.05) is 31.6 Å². The van der Waals surface area contributed by atoms with Gasteiger partial charge in [0.2, 0.25) is 10.0 Å². The number of hydrogen-bond donors (Lipinski definition) is 0. The van der Waals surface area contributed by atoms with Crippen molar-refractivity contribution in [3.8, 4) is 0 Å². The van der Waals surface area contributed by atoms with E-state index in [9.17, 15) is 17.6 Å². The molecule has 6 nitrogen and oxygen atoms in total. The lowest BCUT2D eigenvalue weighted by molar-refractivity contribution is 0.0693. The van der Waals surface area contributed by atoms with Crippen molar-refractivity contribution >= 4 is 27.3 Å². The van der Waals surface area contributed by atoms with Crippen molar-refractivity contribution in [2.75, 3.05) is 26.2 Å². The highest BCUT2D eigenvalue weighted by Crippen LogP contribution is 2.20. The fourth-order valence-electron chi connectivity index (χ4n) is 2.54. The molecule has 0 N–H and O–H groups in total. The van der Waals surface area contributed by atoms with Crippen LogP contribution in [0.1, 0.15) is 16.1 Å². The molecule has 0 atom stereocenters. The summed E-state index contributed by atoms with van der Waals surface area (Å²) in [5, 5.41) is 1.67. The van der Waals surface area contributed by atoms with E-state index in [0.717, 1.165) is 6.07 Å². The average Bonchev–Trinajstić information content (AvgIpc) is 3.11. The SMILES string of the molecule is Cc1cc(S(=O)(=O)N2CCN(C(=O)c3cscn3)CC2)ccc1F. The van der Waals surface area contributed by atoms with E-state index < -0.39 is 15.8 Å². The molecule has 1 aliphatic rings. The molecule has 1 aliphatic heterocycles. The van der Waals surface area contributed by atoms with Crippen LogP contribution in [0.5, 0.6) is 0 Å². The Bertz CT molecular complexity index is 845. The summed E-state index contributed by atoms with van der Waals surface area (Å²) in [7, 11) is -3.69. The molecule has 9 heteroatoms. The van der Waals surface area contributed by atoms with Crippen LogP contribution in [-0.2, 0) is 10.0 Å². The Balaban J connectivity index is 1.71. The van der Waals surface area contributed by atoms with Crippen LogP contribution in [-0.4, -0.2) is 54.7 Å². The van der Waals surface area contributed by atoms with Crippen molar-refractivity contribution in [3.63, 3.8) is 0 Å². The Morgan fingerprint density at radius 1 is 1.25 bits per heavy atom. The van der Waals surface area contributed by atoms with Gasteiger partial charge >= 0.3 is 0 Å². The zero-order chi connectivity index (χ0) is 17.3. The minimum absolute atomic E-state index is 0.0701. The van der Waals surface area contributed by atoms with Gasteiger partial charge < -0.3 is 4.90 Å². The van der Waals surface area contributed by atoms with Crippen LogP contribution >= 0.6 is 11.3 Å². The Morgan fingerprint density at radius 3 is 2.54 bits per heavy atom. The first kappa shape index (κ1) is 17.0. The number of hydrogen-bond acceptors (Lipinski definition) is 5. The van der Waals surface area contributed by atoms with Crippen molar-refractivity contribution in [1.82, 2.24) is 14.2 Å². The second-order valence-electron chi connectivity index (χ2n) is 5.48. The molecule has 1 aromatic heterocycles. The number of piperazine rings is 1. The summed E-state index contributed by atoms with van der Waals surface area (Å²) < 4.78 is 40.0. The second-order valence-corrected chi connectivity index (χ2v) is 8.14. The first-order valence-corrected chi connectivity index (χ1v) is 9.71. The number of carbonyl (C=O) groups excluding carboxylic acids is 1. The van der Waals surface area contributed by atoms with Gasteiger partial charge in [0.1, 0.15) is 11.5 Å². The minimum Gasteiger partial charge on any atom is -0.335 e. The Hall–Kier alpha value is -1.84. The molecule has 2 heterocycles. The summed E-state index contributed by atoms with van der Waals surface area (Å²) >= 11 is 1.34. The molecular formula is C15H16FN3O3S2. The zero-order valence-corrected chi connectivity index (χ0v) is 14.6. The largest absolute Gasteiger partial charge is 0.335 e. The molecule has 2 aromatic rings. The Labute approximate surface area is 143 Å². The topological polar surface area (TPSA) is 70.6 Å².